The molecular formula is C28H30N6O2S. The fraction of sp³-hybridized carbons (Fsp3) is 0.286. The van der Waals surface area contributed by atoms with Gasteiger partial charge in [0.2, 0.25) is 0 Å². The molecule has 5 rings (SSSR count). The van der Waals surface area contributed by atoms with Gasteiger partial charge in [0, 0.05) is 34.4 Å². The molecule has 9 heteroatoms. The molecule has 1 N–H and O–H groups in total. The molecule has 2 aromatic carbocycles. The summed E-state index contributed by atoms with van der Waals surface area (Å²) in [4.78, 5) is 20.2. The van der Waals surface area contributed by atoms with E-state index in [2.05, 4.69) is 69.8 Å². The van der Waals surface area contributed by atoms with Crippen molar-refractivity contribution in [2.24, 2.45) is 0 Å². The maximum Gasteiger partial charge on any atom is 0.253 e. The molecule has 0 aliphatic rings. The third kappa shape index (κ3) is 5.33. The highest BCUT2D eigenvalue weighted by Gasteiger charge is 2.33. The second-order valence-electron chi connectivity index (χ2n) is 10.00. The van der Waals surface area contributed by atoms with Crippen LogP contribution in [0.3, 0.4) is 0 Å². The van der Waals surface area contributed by atoms with Crippen molar-refractivity contribution < 1.29 is 4.74 Å². The van der Waals surface area contributed by atoms with Gasteiger partial charge >= 0.3 is 0 Å². The number of ether oxygens (including phenoxy) is 1. The Bertz CT molecular complexity index is 1540. The van der Waals surface area contributed by atoms with E-state index >= 15 is 0 Å². The predicted molar refractivity (Wildman–Crippen MR) is 146 cm³/mol. The van der Waals surface area contributed by atoms with Gasteiger partial charge in [-0.2, -0.15) is 0 Å². The van der Waals surface area contributed by atoms with Gasteiger partial charge in [0.1, 0.15) is 11.8 Å². The third-order valence-electron chi connectivity index (χ3n) is 6.28. The number of methoxy groups -OCH3 is 1. The van der Waals surface area contributed by atoms with E-state index in [0.717, 1.165) is 22.2 Å². The molecule has 37 heavy (non-hydrogen) atoms. The molecule has 8 nitrogen and oxygen atoms in total. The quantitative estimate of drug-likeness (QED) is 0.309. The summed E-state index contributed by atoms with van der Waals surface area (Å²) < 4.78 is 7.27. The Balaban J connectivity index is 1.73. The Morgan fingerprint density at radius 3 is 2.57 bits per heavy atom. The molecule has 1 atom stereocenters. The van der Waals surface area contributed by atoms with E-state index in [1.807, 2.05) is 53.2 Å². The SMILES string of the molecule is COc1ccc2[nH]c(=O)c([C@@H](c3nnnn3C(C)(C)C)N(Cc3ccccc3)Cc3cccs3)cc2c1. The van der Waals surface area contributed by atoms with Crippen LogP contribution in [0.4, 0.5) is 0 Å². The minimum absolute atomic E-state index is 0.171. The van der Waals surface area contributed by atoms with Gasteiger partial charge in [-0.25, -0.2) is 4.68 Å². The number of H-pyrrole nitrogens is 1. The summed E-state index contributed by atoms with van der Waals surface area (Å²) in [5, 5.41) is 15.8. The molecule has 0 amide bonds. The molecule has 0 saturated carbocycles. The number of nitrogens with zero attached hydrogens (tertiary/aromatic N) is 5. The van der Waals surface area contributed by atoms with Crippen LogP contribution in [-0.2, 0) is 18.6 Å². The van der Waals surface area contributed by atoms with E-state index in [0.29, 0.717) is 24.5 Å². The lowest BCUT2D eigenvalue weighted by Crippen LogP contribution is -2.37. The van der Waals surface area contributed by atoms with Crippen LogP contribution in [0.1, 0.15) is 48.6 Å². The van der Waals surface area contributed by atoms with Crippen LogP contribution in [0.15, 0.2) is 76.9 Å². The highest BCUT2D eigenvalue weighted by atomic mass is 32.1. The number of fused-ring (bicyclic) bond motifs is 1. The second kappa shape index (κ2) is 10.3. The number of rotatable bonds is 8. The minimum atomic E-state index is -0.504. The first-order valence-electron chi connectivity index (χ1n) is 12.1. The van der Waals surface area contributed by atoms with Crippen LogP contribution in [0, 0.1) is 0 Å². The first kappa shape index (κ1) is 24.9. The molecule has 0 aliphatic carbocycles. The molecule has 190 valence electrons. The maximum absolute atomic E-state index is 13.7. The van der Waals surface area contributed by atoms with Crippen molar-refractivity contribution >= 4 is 22.2 Å². The average molecular weight is 515 g/mol. The number of nitrogens with one attached hydrogen (secondary N) is 1. The van der Waals surface area contributed by atoms with Gasteiger partial charge in [0.15, 0.2) is 5.82 Å². The highest BCUT2D eigenvalue weighted by Crippen LogP contribution is 2.33. The van der Waals surface area contributed by atoms with Crippen LogP contribution in [0.2, 0.25) is 0 Å². The zero-order valence-electron chi connectivity index (χ0n) is 21.4. The van der Waals surface area contributed by atoms with E-state index < -0.39 is 6.04 Å². The van der Waals surface area contributed by atoms with Crippen LogP contribution < -0.4 is 10.3 Å². The van der Waals surface area contributed by atoms with Crippen molar-refractivity contribution in [1.82, 2.24) is 30.1 Å². The van der Waals surface area contributed by atoms with E-state index in [4.69, 9.17) is 4.74 Å². The summed E-state index contributed by atoms with van der Waals surface area (Å²) in [5.74, 6) is 1.34. The van der Waals surface area contributed by atoms with Gasteiger partial charge in [0.05, 0.1) is 12.6 Å². The van der Waals surface area contributed by atoms with E-state index in [1.54, 1.807) is 18.4 Å². The zero-order valence-corrected chi connectivity index (χ0v) is 22.2. The van der Waals surface area contributed by atoms with Gasteiger partial charge in [-0.3, -0.25) is 9.69 Å². The molecule has 3 aromatic heterocycles. The Labute approximate surface area is 219 Å². The number of benzene rings is 2. The summed E-state index contributed by atoms with van der Waals surface area (Å²) in [6.45, 7) is 7.40. The Hall–Kier alpha value is -3.82. The number of tetrazole rings is 1. The van der Waals surface area contributed by atoms with Crippen molar-refractivity contribution in [2.75, 3.05) is 7.11 Å². The molecule has 0 radical (unpaired) electrons. The van der Waals surface area contributed by atoms with Gasteiger partial charge in [-0.05, 0) is 72.5 Å². The lowest BCUT2D eigenvalue weighted by molar-refractivity contribution is 0.186. The minimum Gasteiger partial charge on any atom is -0.497 e. The van der Waals surface area contributed by atoms with E-state index in [-0.39, 0.29) is 11.1 Å². The molecule has 0 spiro atoms. The standard InChI is InChI=1S/C28H30N6O2S/c1-28(2,3)34-26(30-31-32-34)25(23-16-20-15-21(36-4)12-13-24(20)29-27(23)35)33(18-22-11-8-14-37-22)17-19-9-6-5-7-10-19/h5-16,25H,17-18H2,1-4H3,(H,29,35)/t25-/m0/s1. The largest absolute Gasteiger partial charge is 0.497 e. The second-order valence-corrected chi connectivity index (χ2v) is 11.0. The van der Waals surface area contributed by atoms with Crippen LogP contribution >= 0.6 is 11.3 Å². The van der Waals surface area contributed by atoms with Gasteiger partial charge < -0.3 is 9.72 Å². The van der Waals surface area contributed by atoms with Crippen LogP contribution in [0.25, 0.3) is 10.9 Å². The Kier molecular flexibility index (Phi) is 6.90. The number of thiophene rings is 1. The maximum atomic E-state index is 13.7. The topological polar surface area (TPSA) is 88.9 Å². The van der Waals surface area contributed by atoms with E-state index in [9.17, 15) is 4.79 Å². The van der Waals surface area contributed by atoms with Crippen molar-refractivity contribution in [3.05, 3.63) is 104 Å². The van der Waals surface area contributed by atoms with Crippen molar-refractivity contribution in [1.29, 1.82) is 0 Å². The van der Waals surface area contributed by atoms with Crippen LogP contribution in [0.5, 0.6) is 5.75 Å². The number of pyridine rings is 1. The van der Waals surface area contributed by atoms with Gasteiger partial charge in [-0.1, -0.05) is 36.4 Å². The van der Waals surface area contributed by atoms with E-state index in [1.165, 1.54) is 4.88 Å². The first-order chi connectivity index (χ1) is 17.8. The van der Waals surface area contributed by atoms with Crippen molar-refractivity contribution in [3.63, 3.8) is 0 Å². The molecule has 0 unspecified atom stereocenters. The Morgan fingerprint density at radius 1 is 1.05 bits per heavy atom. The molecular weight excluding hydrogens is 484 g/mol. The molecule has 0 aliphatic heterocycles. The molecule has 0 bridgehead atoms. The van der Waals surface area contributed by atoms with Gasteiger partial charge in [-0.15, -0.1) is 16.4 Å². The summed E-state index contributed by atoms with van der Waals surface area (Å²) in [6, 6.07) is 21.5. The lowest BCUT2D eigenvalue weighted by Gasteiger charge is -2.32. The van der Waals surface area contributed by atoms with Crippen molar-refractivity contribution in [3.8, 4) is 5.75 Å². The smallest absolute Gasteiger partial charge is 0.253 e. The fourth-order valence-corrected chi connectivity index (χ4v) is 5.26. The third-order valence-corrected chi connectivity index (χ3v) is 7.14. The zero-order chi connectivity index (χ0) is 26.0. The summed E-state index contributed by atoms with van der Waals surface area (Å²) in [5.41, 5.74) is 1.91. The fourth-order valence-electron chi connectivity index (χ4n) is 4.53. The normalized spacial score (nSPS) is 12.8. The predicted octanol–water partition coefficient (Wildman–Crippen LogP) is 5.13. The summed E-state index contributed by atoms with van der Waals surface area (Å²) in [7, 11) is 1.64. The molecule has 3 heterocycles. The van der Waals surface area contributed by atoms with Crippen molar-refractivity contribution in [2.45, 2.75) is 45.4 Å². The highest BCUT2D eigenvalue weighted by molar-refractivity contribution is 7.09. The summed E-state index contributed by atoms with van der Waals surface area (Å²) in [6.07, 6.45) is 0. The average Bonchev–Trinajstić information content (AvgIpc) is 3.57. The molecule has 0 saturated heterocycles. The van der Waals surface area contributed by atoms with Crippen LogP contribution in [-0.4, -0.2) is 37.2 Å². The summed E-state index contributed by atoms with van der Waals surface area (Å²) >= 11 is 1.69. The lowest BCUT2D eigenvalue weighted by atomic mass is 10.0. The Morgan fingerprint density at radius 2 is 1.86 bits per heavy atom. The molecule has 5 aromatic rings. The first-order valence-corrected chi connectivity index (χ1v) is 13.0. The number of hydrogen-bond acceptors (Lipinski definition) is 7. The number of aromatic amines is 1. The number of hydrogen-bond donors (Lipinski definition) is 1. The van der Waals surface area contributed by atoms with Gasteiger partial charge in [0.25, 0.3) is 5.56 Å². The monoisotopic (exact) mass is 514 g/mol. The number of aromatic nitrogens is 5. The molecule has 0 fully saturated rings.